The Balaban J connectivity index is 1.65. The van der Waals surface area contributed by atoms with E-state index in [1.807, 2.05) is 67.6 Å². The van der Waals surface area contributed by atoms with Crippen LogP contribution in [-0.2, 0) is 11.3 Å². The lowest BCUT2D eigenvalue weighted by molar-refractivity contribution is -0.116. The number of rotatable bonds is 7. The maximum Gasteiger partial charge on any atom is 0.262 e. The minimum Gasteiger partial charge on any atom is -0.312 e. The Labute approximate surface area is 195 Å². The third-order valence-electron chi connectivity index (χ3n) is 5.09. The number of halogens is 1. The van der Waals surface area contributed by atoms with Crippen molar-refractivity contribution in [1.29, 1.82) is 0 Å². The summed E-state index contributed by atoms with van der Waals surface area (Å²) in [5.74, 6) is 0.137. The Morgan fingerprint density at radius 2 is 1.69 bits per heavy atom. The number of nitrogens with zero attached hydrogens (tertiary/aromatic N) is 3. The number of amides is 1. The average Bonchev–Trinajstić information content (AvgIpc) is 2.82. The second-order valence-corrected chi connectivity index (χ2v) is 8.57. The highest BCUT2D eigenvalue weighted by Crippen LogP contribution is 2.22. The van der Waals surface area contributed by atoms with Gasteiger partial charge in [-0.15, -0.1) is 0 Å². The van der Waals surface area contributed by atoms with Gasteiger partial charge in [0.2, 0.25) is 5.91 Å². The number of aromatic nitrogens is 2. The lowest BCUT2D eigenvalue weighted by atomic mass is 10.2. The van der Waals surface area contributed by atoms with Gasteiger partial charge in [-0.3, -0.25) is 14.2 Å². The van der Waals surface area contributed by atoms with Crippen molar-refractivity contribution in [3.8, 4) is 0 Å². The Hall–Kier alpha value is -3.09. The number of para-hydroxylation sites is 2. The molecular weight excluding hydrogens is 442 g/mol. The summed E-state index contributed by atoms with van der Waals surface area (Å²) in [5, 5.41) is 1.70. The molecule has 0 aliphatic carbocycles. The van der Waals surface area contributed by atoms with E-state index in [1.165, 1.54) is 11.8 Å². The van der Waals surface area contributed by atoms with E-state index in [0.717, 1.165) is 11.3 Å². The molecule has 0 fully saturated rings. The first-order chi connectivity index (χ1) is 15.6. The number of benzene rings is 3. The molecule has 162 valence electrons. The minimum atomic E-state index is -0.129. The van der Waals surface area contributed by atoms with Gasteiger partial charge in [0.05, 0.1) is 23.2 Å². The summed E-state index contributed by atoms with van der Waals surface area (Å²) in [6.45, 7) is 2.85. The molecule has 4 rings (SSSR count). The van der Waals surface area contributed by atoms with Crippen molar-refractivity contribution >= 4 is 45.9 Å². The van der Waals surface area contributed by atoms with Crippen LogP contribution in [0, 0.1) is 0 Å². The van der Waals surface area contributed by atoms with Crippen LogP contribution in [0.25, 0.3) is 10.9 Å². The number of anilines is 1. The van der Waals surface area contributed by atoms with Crippen LogP contribution in [0.2, 0.25) is 5.02 Å². The summed E-state index contributed by atoms with van der Waals surface area (Å²) in [6, 6.07) is 24.2. The van der Waals surface area contributed by atoms with Crippen LogP contribution in [0.5, 0.6) is 0 Å². The molecule has 3 aromatic carbocycles. The highest BCUT2D eigenvalue weighted by atomic mass is 35.5. The van der Waals surface area contributed by atoms with Crippen LogP contribution >= 0.6 is 23.4 Å². The van der Waals surface area contributed by atoms with Gasteiger partial charge in [0, 0.05) is 17.3 Å². The van der Waals surface area contributed by atoms with Crippen molar-refractivity contribution in [2.24, 2.45) is 0 Å². The predicted molar refractivity (Wildman–Crippen MR) is 132 cm³/mol. The fraction of sp³-hybridized carbons (Fsp3) is 0.160. The molecule has 4 aromatic rings. The number of thioether (sulfide) groups is 1. The van der Waals surface area contributed by atoms with E-state index >= 15 is 0 Å². The molecule has 32 heavy (non-hydrogen) atoms. The molecule has 5 nitrogen and oxygen atoms in total. The highest BCUT2D eigenvalue weighted by Gasteiger charge is 2.17. The van der Waals surface area contributed by atoms with Gasteiger partial charge in [-0.05, 0) is 48.9 Å². The average molecular weight is 464 g/mol. The summed E-state index contributed by atoms with van der Waals surface area (Å²) in [5.41, 5.74) is 2.28. The van der Waals surface area contributed by atoms with Gasteiger partial charge in [0.15, 0.2) is 5.16 Å². The van der Waals surface area contributed by atoms with Crippen LogP contribution in [0.15, 0.2) is 88.8 Å². The second-order valence-electron chi connectivity index (χ2n) is 7.19. The first-order valence-electron chi connectivity index (χ1n) is 10.3. The lowest BCUT2D eigenvalue weighted by Gasteiger charge is -2.21. The number of hydrogen-bond donors (Lipinski definition) is 0. The first-order valence-corrected chi connectivity index (χ1v) is 11.7. The molecule has 0 spiro atoms. The largest absolute Gasteiger partial charge is 0.312 e. The number of fused-ring (bicyclic) bond motifs is 1. The normalized spacial score (nSPS) is 10.9. The summed E-state index contributed by atoms with van der Waals surface area (Å²) in [6.07, 6.45) is 0. The molecule has 0 bridgehead atoms. The van der Waals surface area contributed by atoms with Gasteiger partial charge >= 0.3 is 0 Å². The molecule has 1 amide bonds. The third kappa shape index (κ3) is 4.87. The topological polar surface area (TPSA) is 55.2 Å². The molecule has 0 aliphatic heterocycles. The molecule has 1 aromatic heterocycles. The molecule has 0 aliphatic rings. The monoisotopic (exact) mass is 463 g/mol. The van der Waals surface area contributed by atoms with Crippen molar-refractivity contribution in [3.05, 3.63) is 99.8 Å². The molecule has 0 saturated carbocycles. The maximum atomic E-state index is 13.3. The minimum absolute atomic E-state index is 0.0378. The van der Waals surface area contributed by atoms with E-state index in [9.17, 15) is 9.59 Å². The summed E-state index contributed by atoms with van der Waals surface area (Å²) >= 11 is 7.29. The lowest BCUT2D eigenvalue weighted by Crippen LogP contribution is -2.32. The van der Waals surface area contributed by atoms with Gasteiger partial charge in [0.25, 0.3) is 5.56 Å². The van der Waals surface area contributed by atoms with Gasteiger partial charge in [-0.1, -0.05) is 65.8 Å². The van der Waals surface area contributed by atoms with Crippen molar-refractivity contribution in [3.63, 3.8) is 0 Å². The van der Waals surface area contributed by atoms with Gasteiger partial charge in [-0.25, -0.2) is 4.98 Å². The molecule has 0 radical (unpaired) electrons. The second kappa shape index (κ2) is 10.0. The van der Waals surface area contributed by atoms with Crippen molar-refractivity contribution in [2.75, 3.05) is 17.2 Å². The van der Waals surface area contributed by atoms with E-state index in [-0.39, 0.29) is 17.2 Å². The zero-order valence-electron chi connectivity index (χ0n) is 17.6. The Kier molecular flexibility index (Phi) is 6.93. The quantitative estimate of drug-likeness (QED) is 0.277. The van der Waals surface area contributed by atoms with E-state index in [1.54, 1.807) is 27.7 Å². The fourth-order valence-corrected chi connectivity index (χ4v) is 4.49. The fourth-order valence-electron chi connectivity index (χ4n) is 3.48. The van der Waals surface area contributed by atoms with E-state index < -0.39 is 0 Å². The zero-order chi connectivity index (χ0) is 22.5. The number of hydrogen-bond acceptors (Lipinski definition) is 4. The van der Waals surface area contributed by atoms with Crippen LogP contribution < -0.4 is 10.5 Å². The summed E-state index contributed by atoms with van der Waals surface area (Å²) in [7, 11) is 0. The molecule has 0 saturated heterocycles. The summed E-state index contributed by atoms with van der Waals surface area (Å²) in [4.78, 5) is 32.7. The van der Waals surface area contributed by atoms with Gasteiger partial charge < -0.3 is 4.90 Å². The van der Waals surface area contributed by atoms with Gasteiger partial charge in [-0.2, -0.15) is 0 Å². The summed E-state index contributed by atoms with van der Waals surface area (Å²) < 4.78 is 1.63. The molecule has 1 heterocycles. The van der Waals surface area contributed by atoms with E-state index in [0.29, 0.717) is 34.2 Å². The molecular formula is C25H22ClN3O2S. The SMILES string of the molecule is CCN(C(=O)CSc1nc2ccccc2c(=O)n1Cc1ccc(Cl)cc1)c1ccccc1. The highest BCUT2D eigenvalue weighted by molar-refractivity contribution is 7.99. The zero-order valence-corrected chi connectivity index (χ0v) is 19.1. The predicted octanol–water partition coefficient (Wildman–Crippen LogP) is 5.24. The van der Waals surface area contributed by atoms with Crippen molar-refractivity contribution < 1.29 is 4.79 Å². The third-order valence-corrected chi connectivity index (χ3v) is 6.30. The molecule has 0 N–H and O–H groups in total. The van der Waals surface area contributed by atoms with Crippen molar-refractivity contribution in [1.82, 2.24) is 9.55 Å². The number of carbonyl (C=O) groups excluding carboxylic acids is 1. The van der Waals surface area contributed by atoms with E-state index in [2.05, 4.69) is 0 Å². The smallest absolute Gasteiger partial charge is 0.262 e. The standard InChI is InChI=1S/C25H22ClN3O2S/c1-2-28(20-8-4-3-5-9-20)23(30)17-32-25-27-22-11-7-6-10-21(22)24(31)29(25)16-18-12-14-19(26)15-13-18/h3-15H,2,16-17H2,1H3. The van der Waals surface area contributed by atoms with Crippen LogP contribution in [0.4, 0.5) is 5.69 Å². The van der Waals surface area contributed by atoms with Crippen LogP contribution in [-0.4, -0.2) is 27.8 Å². The Morgan fingerprint density at radius 1 is 1.00 bits per heavy atom. The Bertz CT molecular complexity index is 1290. The molecule has 0 unspecified atom stereocenters. The first kappa shape index (κ1) is 22.1. The van der Waals surface area contributed by atoms with Gasteiger partial charge in [0.1, 0.15) is 0 Å². The van der Waals surface area contributed by atoms with Crippen LogP contribution in [0.3, 0.4) is 0 Å². The van der Waals surface area contributed by atoms with E-state index in [4.69, 9.17) is 16.6 Å². The van der Waals surface area contributed by atoms with Crippen molar-refractivity contribution in [2.45, 2.75) is 18.6 Å². The molecule has 0 atom stereocenters. The Morgan fingerprint density at radius 3 is 2.41 bits per heavy atom. The van der Waals surface area contributed by atoms with Crippen LogP contribution in [0.1, 0.15) is 12.5 Å². The molecule has 7 heteroatoms. The number of carbonyl (C=O) groups is 1. The maximum absolute atomic E-state index is 13.3.